The number of hydrogen-bond donors (Lipinski definition) is 1. The van der Waals surface area contributed by atoms with E-state index in [2.05, 4.69) is 18.8 Å². The molecule has 0 aliphatic heterocycles. The van der Waals surface area contributed by atoms with E-state index in [-0.39, 0.29) is 17.7 Å². The van der Waals surface area contributed by atoms with Crippen molar-refractivity contribution in [2.24, 2.45) is 0 Å². The van der Waals surface area contributed by atoms with E-state index in [1.54, 1.807) is 19.2 Å². The van der Waals surface area contributed by atoms with E-state index in [1.165, 1.54) is 12.1 Å². The van der Waals surface area contributed by atoms with Crippen LogP contribution in [0.2, 0.25) is 0 Å². The molecule has 3 heteroatoms. The first kappa shape index (κ1) is 20.9. The Labute approximate surface area is 150 Å². The highest BCUT2D eigenvalue weighted by Gasteiger charge is 2.17. The highest BCUT2D eigenvalue weighted by Crippen LogP contribution is 2.31. The second kappa shape index (κ2) is 9.97. The van der Waals surface area contributed by atoms with E-state index >= 15 is 0 Å². The minimum Gasteiger partial charge on any atom is -0.384 e. The monoisotopic (exact) mass is 345 g/mol. The molecule has 1 atom stereocenters. The van der Waals surface area contributed by atoms with E-state index in [1.807, 2.05) is 32.9 Å². The van der Waals surface area contributed by atoms with Gasteiger partial charge in [-0.3, -0.25) is 0 Å². The summed E-state index contributed by atoms with van der Waals surface area (Å²) in [4.78, 5) is 0. The minimum absolute atomic E-state index is 0.114. The van der Waals surface area contributed by atoms with Crippen molar-refractivity contribution < 1.29 is 8.78 Å². The number of halogens is 2. The Bertz CT molecular complexity index is 707. The first-order chi connectivity index (χ1) is 12.0. The Morgan fingerprint density at radius 3 is 2.32 bits per heavy atom. The molecule has 25 heavy (non-hydrogen) atoms. The molecule has 0 heterocycles. The van der Waals surface area contributed by atoms with Crippen LogP contribution in [0, 0.1) is 25.5 Å². The molecule has 0 amide bonds. The lowest BCUT2D eigenvalue weighted by molar-refractivity contribution is 0.515. The summed E-state index contributed by atoms with van der Waals surface area (Å²) < 4.78 is 28.0. The van der Waals surface area contributed by atoms with Crippen molar-refractivity contribution in [1.29, 1.82) is 0 Å². The van der Waals surface area contributed by atoms with E-state index in [0.29, 0.717) is 11.1 Å². The summed E-state index contributed by atoms with van der Waals surface area (Å²) in [6.45, 7) is 13.4. The number of aryl methyl sites for hydroxylation is 2. The number of benzene rings is 2. The Balaban J connectivity index is 0.00000151. The van der Waals surface area contributed by atoms with Gasteiger partial charge in [-0.25, -0.2) is 8.78 Å². The lowest BCUT2D eigenvalue weighted by Gasteiger charge is -2.20. The number of hydrogen-bond acceptors (Lipinski definition) is 1. The van der Waals surface area contributed by atoms with E-state index < -0.39 is 0 Å². The molecule has 0 saturated heterocycles. The zero-order valence-electron chi connectivity index (χ0n) is 15.9. The van der Waals surface area contributed by atoms with Crippen LogP contribution in [-0.4, -0.2) is 0 Å². The highest BCUT2D eigenvalue weighted by atomic mass is 19.1. The van der Waals surface area contributed by atoms with Gasteiger partial charge in [0.05, 0.1) is 6.04 Å². The van der Waals surface area contributed by atoms with Crippen LogP contribution in [0.4, 0.5) is 8.78 Å². The summed E-state index contributed by atoms with van der Waals surface area (Å²) in [5.41, 5.74) is 3.89. The molecule has 1 nitrogen and oxygen atoms in total. The zero-order valence-corrected chi connectivity index (χ0v) is 15.9. The van der Waals surface area contributed by atoms with Crippen LogP contribution in [0.25, 0.3) is 11.1 Å². The molecule has 2 rings (SSSR count). The summed E-state index contributed by atoms with van der Waals surface area (Å²) in [7, 11) is 0. The Morgan fingerprint density at radius 2 is 1.76 bits per heavy atom. The fourth-order valence-electron chi connectivity index (χ4n) is 2.92. The summed E-state index contributed by atoms with van der Waals surface area (Å²) >= 11 is 0. The van der Waals surface area contributed by atoms with Crippen LogP contribution in [0.1, 0.15) is 56.3 Å². The summed E-state index contributed by atoms with van der Waals surface area (Å²) in [5, 5.41) is 3.13. The van der Waals surface area contributed by atoms with Crippen molar-refractivity contribution in [3.63, 3.8) is 0 Å². The number of rotatable bonds is 6. The van der Waals surface area contributed by atoms with Crippen LogP contribution >= 0.6 is 0 Å². The van der Waals surface area contributed by atoms with Crippen LogP contribution in [0.3, 0.4) is 0 Å². The molecule has 0 aliphatic carbocycles. The molecule has 136 valence electrons. The molecule has 2 aromatic carbocycles. The van der Waals surface area contributed by atoms with Crippen molar-refractivity contribution in [2.45, 2.75) is 53.5 Å². The third-order valence-electron chi connectivity index (χ3n) is 4.05. The molecular formula is C22H29F2N. The maximum Gasteiger partial charge on any atom is 0.131 e. The molecule has 0 bridgehead atoms. The van der Waals surface area contributed by atoms with Gasteiger partial charge in [0, 0.05) is 5.56 Å². The van der Waals surface area contributed by atoms with Gasteiger partial charge in [0.1, 0.15) is 11.6 Å². The predicted molar refractivity (Wildman–Crippen MR) is 104 cm³/mol. The maximum atomic E-state index is 14.6. The molecule has 0 aromatic heterocycles. The van der Waals surface area contributed by atoms with Crippen molar-refractivity contribution >= 4 is 0 Å². The van der Waals surface area contributed by atoms with Crippen LogP contribution < -0.4 is 5.32 Å². The third-order valence-corrected chi connectivity index (χ3v) is 4.05. The van der Waals surface area contributed by atoms with Gasteiger partial charge in [-0.2, -0.15) is 0 Å². The van der Waals surface area contributed by atoms with Crippen molar-refractivity contribution in [2.75, 3.05) is 0 Å². The first-order valence-electron chi connectivity index (χ1n) is 8.91. The Hall–Kier alpha value is -2.16. The van der Waals surface area contributed by atoms with Gasteiger partial charge in [0.15, 0.2) is 0 Å². The van der Waals surface area contributed by atoms with Gasteiger partial charge < -0.3 is 5.32 Å². The standard InChI is InChI=1S/C20H23F2N.C2H6/c1-5-7-19(23-6-2)18-12-15(10-14(4)20(18)22)17-9-8-16(21)11-13(17)3;1-2/h6,8-12,19,23H,2,5,7H2,1,3-4H3;1-2H3/t19-;/m0./s1. The summed E-state index contributed by atoms with van der Waals surface area (Å²) in [5.74, 6) is -0.455. The van der Waals surface area contributed by atoms with Crippen LogP contribution in [0.15, 0.2) is 43.1 Å². The molecule has 0 aliphatic rings. The zero-order chi connectivity index (χ0) is 19.0. The lowest BCUT2D eigenvalue weighted by Crippen LogP contribution is -2.17. The fraction of sp³-hybridized carbons (Fsp3) is 0.364. The van der Waals surface area contributed by atoms with E-state index in [0.717, 1.165) is 29.5 Å². The van der Waals surface area contributed by atoms with Crippen LogP contribution in [0.5, 0.6) is 0 Å². The molecule has 2 aromatic rings. The summed E-state index contributed by atoms with van der Waals surface area (Å²) in [6, 6.07) is 8.24. The van der Waals surface area contributed by atoms with Crippen molar-refractivity contribution in [3.8, 4) is 11.1 Å². The van der Waals surface area contributed by atoms with E-state index in [9.17, 15) is 8.78 Å². The lowest BCUT2D eigenvalue weighted by atomic mass is 9.92. The third kappa shape index (κ3) is 5.15. The molecular weight excluding hydrogens is 316 g/mol. The second-order valence-corrected chi connectivity index (χ2v) is 5.87. The van der Waals surface area contributed by atoms with Gasteiger partial charge in [-0.1, -0.05) is 39.8 Å². The smallest absolute Gasteiger partial charge is 0.131 e. The van der Waals surface area contributed by atoms with Gasteiger partial charge in [-0.05, 0) is 73.0 Å². The fourth-order valence-corrected chi connectivity index (χ4v) is 2.92. The average molecular weight is 345 g/mol. The average Bonchev–Trinajstić information content (AvgIpc) is 2.59. The van der Waals surface area contributed by atoms with Gasteiger partial charge >= 0.3 is 0 Å². The Kier molecular flexibility index (Phi) is 8.33. The topological polar surface area (TPSA) is 12.0 Å². The van der Waals surface area contributed by atoms with Gasteiger partial charge in [0.25, 0.3) is 0 Å². The van der Waals surface area contributed by atoms with Gasteiger partial charge in [-0.15, -0.1) is 0 Å². The predicted octanol–water partition coefficient (Wildman–Crippen LogP) is 6.85. The normalized spacial score (nSPS) is 11.3. The van der Waals surface area contributed by atoms with Gasteiger partial charge in [0.2, 0.25) is 0 Å². The molecule has 0 fully saturated rings. The summed E-state index contributed by atoms with van der Waals surface area (Å²) in [6.07, 6.45) is 3.35. The quantitative estimate of drug-likeness (QED) is 0.603. The molecule has 0 unspecified atom stereocenters. The molecule has 0 radical (unpaired) electrons. The number of nitrogens with one attached hydrogen (secondary N) is 1. The maximum absolute atomic E-state index is 14.6. The molecule has 0 spiro atoms. The van der Waals surface area contributed by atoms with Crippen molar-refractivity contribution in [1.82, 2.24) is 5.32 Å². The Morgan fingerprint density at radius 1 is 1.08 bits per heavy atom. The highest BCUT2D eigenvalue weighted by molar-refractivity contribution is 5.69. The largest absolute Gasteiger partial charge is 0.384 e. The van der Waals surface area contributed by atoms with E-state index in [4.69, 9.17) is 0 Å². The van der Waals surface area contributed by atoms with Crippen LogP contribution in [-0.2, 0) is 0 Å². The SMILES string of the molecule is C=CN[C@@H](CCC)c1cc(-c2ccc(F)cc2C)cc(C)c1F.CC. The second-order valence-electron chi connectivity index (χ2n) is 5.87. The molecule has 1 N–H and O–H groups in total. The van der Waals surface area contributed by atoms with Crippen molar-refractivity contribution in [3.05, 3.63) is 71.4 Å². The first-order valence-corrected chi connectivity index (χ1v) is 8.91. The minimum atomic E-state index is -0.262. The molecule has 0 saturated carbocycles.